The largest absolute Gasteiger partial charge is 0.465 e. The van der Waals surface area contributed by atoms with Gasteiger partial charge in [-0.25, -0.2) is 4.79 Å². The molecule has 1 aromatic carbocycles. The van der Waals surface area contributed by atoms with E-state index in [-0.39, 0.29) is 22.7 Å². The lowest BCUT2D eigenvalue weighted by Crippen LogP contribution is -2.14. The van der Waals surface area contributed by atoms with Gasteiger partial charge in [0.1, 0.15) is 0 Å². The van der Waals surface area contributed by atoms with Crippen molar-refractivity contribution in [3.63, 3.8) is 0 Å². The molecule has 4 nitrogen and oxygen atoms in total. The van der Waals surface area contributed by atoms with Crippen LogP contribution in [0.1, 0.15) is 41.4 Å². The van der Waals surface area contributed by atoms with Crippen LogP contribution in [0.4, 0.5) is 13.2 Å². The van der Waals surface area contributed by atoms with Crippen molar-refractivity contribution in [1.29, 1.82) is 0 Å². The molecule has 0 bridgehead atoms. The Morgan fingerprint density at radius 3 is 2.48 bits per heavy atom. The zero-order valence-corrected chi connectivity index (χ0v) is 13.2. The Morgan fingerprint density at radius 1 is 1.30 bits per heavy atom. The average Bonchev–Trinajstić information content (AvgIpc) is 2.94. The van der Waals surface area contributed by atoms with Gasteiger partial charge in [-0.3, -0.25) is 4.68 Å². The molecule has 1 heterocycles. The second kappa shape index (κ2) is 6.06. The molecule has 0 saturated carbocycles. The zero-order valence-electron chi connectivity index (χ0n) is 13.2. The topological polar surface area (TPSA) is 44.1 Å². The number of ether oxygens (including phenoxy) is 1. The van der Waals surface area contributed by atoms with E-state index in [4.69, 9.17) is 0 Å². The number of esters is 1. The molecule has 0 spiro atoms. The predicted octanol–water partition coefficient (Wildman–Crippen LogP) is 4.24. The van der Waals surface area contributed by atoms with Gasteiger partial charge < -0.3 is 4.74 Å². The van der Waals surface area contributed by atoms with Crippen LogP contribution in [0, 0.1) is 6.92 Å². The number of alkyl halides is 3. The Hall–Kier alpha value is -2.31. The monoisotopic (exact) mass is 326 g/mol. The smallest absolute Gasteiger partial charge is 0.417 e. The molecule has 2 aromatic rings. The summed E-state index contributed by atoms with van der Waals surface area (Å²) in [6, 6.07) is 3.57. The highest BCUT2D eigenvalue weighted by Crippen LogP contribution is 2.39. The number of hydrogen-bond donors (Lipinski definition) is 0. The van der Waals surface area contributed by atoms with Crippen molar-refractivity contribution in [1.82, 2.24) is 9.78 Å². The molecule has 0 aliphatic heterocycles. The highest BCUT2D eigenvalue weighted by molar-refractivity contribution is 5.93. The van der Waals surface area contributed by atoms with E-state index in [2.05, 4.69) is 9.84 Å². The number of aryl methyl sites for hydroxylation is 1. The van der Waals surface area contributed by atoms with Crippen LogP contribution in [0.5, 0.6) is 0 Å². The highest BCUT2D eigenvalue weighted by Gasteiger charge is 2.35. The van der Waals surface area contributed by atoms with Crippen molar-refractivity contribution in [3.05, 3.63) is 41.1 Å². The fourth-order valence-corrected chi connectivity index (χ4v) is 2.42. The van der Waals surface area contributed by atoms with Crippen LogP contribution in [0.25, 0.3) is 11.3 Å². The third-order valence-electron chi connectivity index (χ3n) is 3.51. The minimum absolute atomic E-state index is 0.0882. The number of hydrogen-bond acceptors (Lipinski definition) is 3. The predicted molar refractivity (Wildman–Crippen MR) is 79.1 cm³/mol. The van der Waals surface area contributed by atoms with Crippen LogP contribution in [0.15, 0.2) is 24.4 Å². The van der Waals surface area contributed by atoms with E-state index < -0.39 is 17.7 Å². The van der Waals surface area contributed by atoms with Gasteiger partial charge >= 0.3 is 12.1 Å². The van der Waals surface area contributed by atoms with Gasteiger partial charge in [0, 0.05) is 17.8 Å². The third-order valence-corrected chi connectivity index (χ3v) is 3.51. The summed E-state index contributed by atoms with van der Waals surface area (Å²) in [4.78, 5) is 11.8. The van der Waals surface area contributed by atoms with Gasteiger partial charge in [0.25, 0.3) is 0 Å². The molecule has 1 aromatic heterocycles. The van der Waals surface area contributed by atoms with E-state index in [1.807, 2.05) is 13.8 Å². The summed E-state index contributed by atoms with van der Waals surface area (Å²) in [7, 11) is 1.19. The maximum Gasteiger partial charge on any atom is 0.417 e. The molecule has 0 unspecified atom stereocenters. The molecule has 0 saturated heterocycles. The van der Waals surface area contributed by atoms with Crippen LogP contribution in [0.3, 0.4) is 0 Å². The number of nitrogens with zero attached hydrogens (tertiary/aromatic N) is 2. The maximum absolute atomic E-state index is 13.4. The van der Waals surface area contributed by atoms with Crippen molar-refractivity contribution < 1.29 is 22.7 Å². The molecule has 0 aliphatic rings. The average molecular weight is 326 g/mol. The lowest BCUT2D eigenvalue weighted by atomic mass is 9.96. The van der Waals surface area contributed by atoms with Crippen LogP contribution >= 0.6 is 0 Å². The molecule has 23 heavy (non-hydrogen) atoms. The third kappa shape index (κ3) is 3.23. The number of carbonyl (C=O) groups excluding carboxylic acids is 1. The molecule has 2 rings (SSSR count). The van der Waals surface area contributed by atoms with Gasteiger partial charge in [0.15, 0.2) is 0 Å². The summed E-state index contributed by atoms with van der Waals surface area (Å²) >= 11 is 0. The second-order valence-corrected chi connectivity index (χ2v) is 5.46. The Kier molecular flexibility index (Phi) is 4.49. The first-order valence-electron chi connectivity index (χ1n) is 7.00. The molecular formula is C16H17F3N2O2. The van der Waals surface area contributed by atoms with E-state index in [1.54, 1.807) is 0 Å². The summed E-state index contributed by atoms with van der Waals surface area (Å²) in [5, 5.41) is 4.07. The van der Waals surface area contributed by atoms with Crippen molar-refractivity contribution in [2.45, 2.75) is 33.0 Å². The molecule has 0 atom stereocenters. The van der Waals surface area contributed by atoms with Crippen LogP contribution < -0.4 is 0 Å². The first-order valence-corrected chi connectivity index (χ1v) is 7.00. The SMILES string of the molecule is COC(=O)c1cc(-c2ccnn2C(C)C)c(C(F)(F)F)cc1C. The van der Waals surface area contributed by atoms with Gasteiger partial charge in [-0.15, -0.1) is 0 Å². The minimum Gasteiger partial charge on any atom is -0.465 e. The Balaban J connectivity index is 2.78. The number of benzene rings is 1. The Labute approximate surface area is 131 Å². The van der Waals surface area contributed by atoms with Gasteiger partial charge in [-0.05, 0) is 44.5 Å². The molecule has 0 amide bonds. The van der Waals surface area contributed by atoms with E-state index in [0.717, 1.165) is 6.07 Å². The first kappa shape index (κ1) is 17.1. The number of rotatable bonds is 3. The van der Waals surface area contributed by atoms with Gasteiger partial charge in [-0.1, -0.05) is 0 Å². The first-order chi connectivity index (χ1) is 10.7. The number of aromatic nitrogens is 2. The summed E-state index contributed by atoms with van der Waals surface area (Å²) in [5.74, 6) is -0.673. The van der Waals surface area contributed by atoms with Crippen molar-refractivity contribution in [3.8, 4) is 11.3 Å². The van der Waals surface area contributed by atoms with Gasteiger partial charge in [-0.2, -0.15) is 18.3 Å². The fourth-order valence-electron chi connectivity index (χ4n) is 2.42. The van der Waals surface area contributed by atoms with E-state index in [9.17, 15) is 18.0 Å². The number of carbonyl (C=O) groups is 1. The van der Waals surface area contributed by atoms with Gasteiger partial charge in [0.2, 0.25) is 0 Å². The molecule has 0 aliphatic carbocycles. The molecule has 0 N–H and O–H groups in total. The summed E-state index contributed by atoms with van der Waals surface area (Å²) in [5.41, 5.74) is -0.271. The molecular weight excluding hydrogens is 309 g/mol. The highest BCUT2D eigenvalue weighted by atomic mass is 19.4. The van der Waals surface area contributed by atoms with Crippen molar-refractivity contribution in [2.24, 2.45) is 0 Å². The normalized spacial score (nSPS) is 11.8. The number of methoxy groups -OCH3 is 1. The van der Waals surface area contributed by atoms with Crippen molar-refractivity contribution >= 4 is 5.97 Å². The lowest BCUT2D eigenvalue weighted by molar-refractivity contribution is -0.137. The second-order valence-electron chi connectivity index (χ2n) is 5.46. The van der Waals surface area contributed by atoms with Crippen LogP contribution in [-0.2, 0) is 10.9 Å². The molecule has 124 valence electrons. The quantitative estimate of drug-likeness (QED) is 0.792. The molecule has 0 radical (unpaired) electrons. The summed E-state index contributed by atoms with van der Waals surface area (Å²) in [6.07, 6.45) is -3.10. The standard InChI is InChI=1S/C16H17F3N2O2/c1-9(2)21-14(5-6-20-21)12-8-11(15(22)23-4)10(3)7-13(12)16(17,18)19/h5-9H,1-4H3. The van der Waals surface area contributed by atoms with Crippen LogP contribution in [-0.4, -0.2) is 22.9 Å². The molecule has 7 heteroatoms. The Bertz CT molecular complexity index is 733. The van der Waals surface area contributed by atoms with E-state index in [1.165, 1.54) is 37.0 Å². The summed E-state index contributed by atoms with van der Waals surface area (Å²) < 4.78 is 46.4. The molecule has 0 fully saturated rings. The number of halogens is 3. The minimum atomic E-state index is -4.54. The lowest BCUT2D eigenvalue weighted by Gasteiger charge is -2.18. The van der Waals surface area contributed by atoms with E-state index >= 15 is 0 Å². The fraction of sp³-hybridized carbons (Fsp3) is 0.375. The van der Waals surface area contributed by atoms with Crippen LogP contribution in [0.2, 0.25) is 0 Å². The van der Waals surface area contributed by atoms with Crippen molar-refractivity contribution in [2.75, 3.05) is 7.11 Å². The summed E-state index contributed by atoms with van der Waals surface area (Å²) in [6.45, 7) is 5.09. The van der Waals surface area contributed by atoms with Gasteiger partial charge in [0.05, 0.1) is 23.9 Å². The Morgan fingerprint density at radius 2 is 1.96 bits per heavy atom. The maximum atomic E-state index is 13.4. The van der Waals surface area contributed by atoms with E-state index in [0.29, 0.717) is 5.69 Å². The zero-order chi connectivity index (χ0) is 17.4.